The minimum atomic E-state index is -4.34. The highest BCUT2D eigenvalue weighted by Gasteiger charge is 2.31. The molecule has 0 aromatic heterocycles. The summed E-state index contributed by atoms with van der Waals surface area (Å²) in [5.74, 6) is 0. The number of benzene rings is 1. The van der Waals surface area contributed by atoms with Gasteiger partial charge in [-0.05, 0) is 24.7 Å². The topological polar surface area (TPSA) is 32.5 Å². The van der Waals surface area contributed by atoms with Gasteiger partial charge >= 0.3 is 6.18 Å². The molecule has 1 saturated heterocycles. The van der Waals surface area contributed by atoms with Crippen LogP contribution in [0, 0.1) is 0 Å². The van der Waals surface area contributed by atoms with E-state index >= 15 is 0 Å². The van der Waals surface area contributed by atoms with Crippen molar-refractivity contribution < 1.29 is 13.2 Å². The van der Waals surface area contributed by atoms with Crippen molar-refractivity contribution in [3.8, 4) is 0 Å². The van der Waals surface area contributed by atoms with Crippen LogP contribution in [0.2, 0.25) is 0 Å². The lowest BCUT2D eigenvalue weighted by molar-refractivity contribution is -0.137. The Balaban J connectivity index is 0.00000200. The summed E-state index contributed by atoms with van der Waals surface area (Å²) in [6, 6.07) is 3.58. The largest absolute Gasteiger partial charge is 0.416 e. The van der Waals surface area contributed by atoms with E-state index in [0.29, 0.717) is 5.69 Å². The molecule has 122 valence electrons. The lowest BCUT2D eigenvalue weighted by Gasteiger charge is -2.36. The molecule has 0 unspecified atom stereocenters. The van der Waals surface area contributed by atoms with Gasteiger partial charge in [0.1, 0.15) is 0 Å². The number of nitrogen functional groups attached to an aromatic ring is 1. The van der Waals surface area contributed by atoms with Gasteiger partial charge < -0.3 is 15.5 Å². The molecule has 1 aromatic carbocycles. The van der Waals surface area contributed by atoms with Crippen LogP contribution in [0.1, 0.15) is 12.5 Å². The van der Waals surface area contributed by atoms with Crippen molar-refractivity contribution in [2.75, 3.05) is 43.4 Å². The number of halogens is 5. The van der Waals surface area contributed by atoms with Crippen LogP contribution < -0.4 is 10.6 Å². The molecule has 2 rings (SSSR count). The van der Waals surface area contributed by atoms with E-state index < -0.39 is 11.7 Å². The molecule has 0 amide bonds. The zero-order valence-electron chi connectivity index (χ0n) is 11.7. The van der Waals surface area contributed by atoms with Crippen LogP contribution in [0.25, 0.3) is 0 Å². The molecular formula is C13H20Cl2F3N3. The molecule has 0 bridgehead atoms. The first kappa shape index (κ1) is 20.1. The maximum absolute atomic E-state index is 12.6. The Bertz CT molecular complexity index is 447. The Morgan fingerprint density at radius 2 is 1.67 bits per heavy atom. The molecule has 1 aliphatic heterocycles. The molecule has 8 heteroatoms. The maximum Gasteiger partial charge on any atom is 0.416 e. The van der Waals surface area contributed by atoms with Crippen LogP contribution in [0.15, 0.2) is 18.2 Å². The molecule has 1 aromatic rings. The Labute approximate surface area is 135 Å². The van der Waals surface area contributed by atoms with Crippen molar-refractivity contribution in [1.82, 2.24) is 4.90 Å². The normalized spacial score (nSPS) is 16.1. The molecule has 2 N–H and O–H groups in total. The van der Waals surface area contributed by atoms with Gasteiger partial charge in [0.2, 0.25) is 0 Å². The number of hydrogen-bond acceptors (Lipinski definition) is 3. The molecule has 21 heavy (non-hydrogen) atoms. The van der Waals surface area contributed by atoms with E-state index in [-0.39, 0.29) is 30.5 Å². The molecule has 0 saturated carbocycles. The molecule has 0 aliphatic carbocycles. The SMILES string of the molecule is CCN1CCN(c2ccc(C(F)(F)F)cc2N)CC1.Cl.Cl. The van der Waals surface area contributed by atoms with Crippen molar-refractivity contribution in [2.45, 2.75) is 13.1 Å². The van der Waals surface area contributed by atoms with Crippen LogP contribution in [0.3, 0.4) is 0 Å². The van der Waals surface area contributed by atoms with Crippen LogP contribution in [0.5, 0.6) is 0 Å². The first-order valence-electron chi connectivity index (χ1n) is 6.36. The number of hydrogen-bond donors (Lipinski definition) is 1. The maximum atomic E-state index is 12.6. The number of rotatable bonds is 2. The summed E-state index contributed by atoms with van der Waals surface area (Å²) in [5, 5.41) is 0. The van der Waals surface area contributed by atoms with Crippen molar-refractivity contribution in [1.29, 1.82) is 0 Å². The summed E-state index contributed by atoms with van der Waals surface area (Å²) >= 11 is 0. The fourth-order valence-corrected chi connectivity index (χ4v) is 2.32. The molecular weight excluding hydrogens is 326 g/mol. The highest BCUT2D eigenvalue weighted by atomic mass is 35.5. The fourth-order valence-electron chi connectivity index (χ4n) is 2.32. The van der Waals surface area contributed by atoms with Gasteiger partial charge in [0.05, 0.1) is 16.9 Å². The standard InChI is InChI=1S/C13H18F3N3.2ClH/c1-2-18-5-7-19(8-6-18)12-4-3-10(9-11(12)17)13(14,15)16;;/h3-4,9H,2,5-8,17H2,1H3;2*1H. The van der Waals surface area contributed by atoms with E-state index in [1.54, 1.807) is 0 Å². The number of piperazine rings is 1. The van der Waals surface area contributed by atoms with Crippen molar-refractivity contribution in [2.24, 2.45) is 0 Å². The number of nitrogens with two attached hydrogens (primary N) is 1. The molecule has 0 radical (unpaired) electrons. The van der Waals surface area contributed by atoms with Gasteiger partial charge in [-0.3, -0.25) is 0 Å². The van der Waals surface area contributed by atoms with Crippen LogP contribution >= 0.6 is 24.8 Å². The van der Waals surface area contributed by atoms with E-state index in [1.807, 2.05) is 4.90 Å². The summed E-state index contributed by atoms with van der Waals surface area (Å²) in [6.07, 6.45) is -4.34. The molecule has 1 aliphatic rings. The van der Waals surface area contributed by atoms with Crippen LogP contribution in [-0.2, 0) is 6.18 Å². The zero-order valence-corrected chi connectivity index (χ0v) is 13.3. The second-order valence-corrected chi connectivity index (χ2v) is 4.69. The monoisotopic (exact) mass is 345 g/mol. The smallest absolute Gasteiger partial charge is 0.397 e. The van der Waals surface area contributed by atoms with E-state index in [1.165, 1.54) is 6.07 Å². The molecule has 1 fully saturated rings. The molecule has 3 nitrogen and oxygen atoms in total. The average molecular weight is 346 g/mol. The zero-order chi connectivity index (χ0) is 14.0. The van der Waals surface area contributed by atoms with E-state index in [9.17, 15) is 13.2 Å². The number of likely N-dealkylation sites (N-methyl/N-ethyl adjacent to an activating group) is 1. The van der Waals surface area contributed by atoms with Crippen LogP contribution in [0.4, 0.5) is 24.5 Å². The molecule has 1 heterocycles. The van der Waals surface area contributed by atoms with E-state index in [4.69, 9.17) is 5.73 Å². The van der Waals surface area contributed by atoms with Crippen molar-refractivity contribution in [3.05, 3.63) is 23.8 Å². The van der Waals surface area contributed by atoms with Crippen molar-refractivity contribution >= 4 is 36.2 Å². The van der Waals surface area contributed by atoms with E-state index in [2.05, 4.69) is 11.8 Å². The van der Waals surface area contributed by atoms with Gasteiger partial charge in [-0.1, -0.05) is 6.92 Å². The average Bonchev–Trinajstić information content (AvgIpc) is 2.38. The summed E-state index contributed by atoms with van der Waals surface area (Å²) < 4.78 is 37.7. The Morgan fingerprint density at radius 1 is 1.10 bits per heavy atom. The fraction of sp³-hybridized carbons (Fsp3) is 0.538. The number of alkyl halides is 3. The lowest BCUT2D eigenvalue weighted by Crippen LogP contribution is -2.46. The van der Waals surface area contributed by atoms with Crippen molar-refractivity contribution in [3.63, 3.8) is 0 Å². The highest BCUT2D eigenvalue weighted by molar-refractivity contribution is 5.85. The minimum Gasteiger partial charge on any atom is -0.397 e. The first-order chi connectivity index (χ1) is 8.91. The first-order valence-corrected chi connectivity index (χ1v) is 6.36. The Kier molecular flexibility index (Phi) is 7.64. The summed E-state index contributed by atoms with van der Waals surface area (Å²) in [7, 11) is 0. The predicted molar refractivity (Wildman–Crippen MR) is 84.7 cm³/mol. The lowest BCUT2D eigenvalue weighted by atomic mass is 10.1. The summed E-state index contributed by atoms with van der Waals surface area (Å²) in [5.41, 5.74) is 5.96. The molecule has 0 atom stereocenters. The molecule has 0 spiro atoms. The third-order valence-corrected chi connectivity index (χ3v) is 3.52. The van der Waals surface area contributed by atoms with Gasteiger partial charge in [0, 0.05) is 26.2 Å². The quantitative estimate of drug-likeness (QED) is 0.835. The second-order valence-electron chi connectivity index (χ2n) is 4.69. The van der Waals surface area contributed by atoms with Gasteiger partial charge in [-0.15, -0.1) is 24.8 Å². The number of anilines is 2. The summed E-state index contributed by atoms with van der Waals surface area (Å²) in [6.45, 7) is 6.51. The second kappa shape index (κ2) is 7.96. The van der Waals surface area contributed by atoms with Crippen LogP contribution in [-0.4, -0.2) is 37.6 Å². The predicted octanol–water partition coefficient (Wildman–Crippen LogP) is 3.27. The third-order valence-electron chi connectivity index (χ3n) is 3.52. The Hall–Kier alpha value is -0.850. The van der Waals surface area contributed by atoms with Gasteiger partial charge in [-0.2, -0.15) is 13.2 Å². The van der Waals surface area contributed by atoms with Gasteiger partial charge in [0.25, 0.3) is 0 Å². The summed E-state index contributed by atoms with van der Waals surface area (Å²) in [4.78, 5) is 4.35. The third kappa shape index (κ3) is 4.83. The Morgan fingerprint density at radius 3 is 2.10 bits per heavy atom. The number of nitrogens with zero attached hydrogens (tertiary/aromatic N) is 2. The minimum absolute atomic E-state index is 0. The van der Waals surface area contributed by atoms with Gasteiger partial charge in [-0.25, -0.2) is 0 Å². The van der Waals surface area contributed by atoms with Gasteiger partial charge in [0.15, 0.2) is 0 Å². The highest BCUT2D eigenvalue weighted by Crippen LogP contribution is 2.34. The van der Waals surface area contributed by atoms with E-state index in [0.717, 1.165) is 44.9 Å².